The number of likely N-dealkylation sites (N-methyl/N-ethyl adjacent to an activating group) is 1. The number of pyridine rings is 1. The molecule has 1 aromatic rings. The molecule has 1 unspecified atom stereocenters. The van der Waals surface area contributed by atoms with Gasteiger partial charge in [-0.3, -0.25) is 9.88 Å². The number of hydrogen-bond donors (Lipinski definition) is 1. The first-order valence-electron chi connectivity index (χ1n) is 5.62. The van der Waals surface area contributed by atoms with E-state index < -0.39 is 0 Å². The van der Waals surface area contributed by atoms with Gasteiger partial charge in [-0.2, -0.15) is 0 Å². The maximum atomic E-state index is 5.82. The summed E-state index contributed by atoms with van der Waals surface area (Å²) in [6.07, 6.45) is 4.59. The van der Waals surface area contributed by atoms with E-state index in [-0.39, 0.29) is 6.04 Å². The molecule has 0 spiro atoms. The minimum atomic E-state index is 0.270. The molecule has 0 radical (unpaired) electrons. The van der Waals surface area contributed by atoms with E-state index in [4.69, 9.17) is 5.73 Å². The number of hydrogen-bond acceptors (Lipinski definition) is 3. The second-order valence-electron chi connectivity index (χ2n) is 4.39. The quantitative estimate of drug-likeness (QED) is 0.790. The molecule has 15 heavy (non-hydrogen) atoms. The molecule has 0 aliphatic heterocycles. The van der Waals surface area contributed by atoms with Gasteiger partial charge in [0, 0.05) is 19.3 Å². The molecule has 1 aliphatic rings. The summed E-state index contributed by atoms with van der Waals surface area (Å²) >= 11 is 0. The minimum absolute atomic E-state index is 0.270. The Morgan fingerprint density at radius 3 is 2.87 bits per heavy atom. The molecule has 0 bridgehead atoms. The fourth-order valence-corrected chi connectivity index (χ4v) is 1.93. The molecule has 3 nitrogen and oxygen atoms in total. The highest BCUT2D eigenvalue weighted by Gasteiger charge is 2.26. The zero-order valence-electron chi connectivity index (χ0n) is 9.26. The van der Waals surface area contributed by atoms with Crippen molar-refractivity contribution in [3.05, 3.63) is 30.1 Å². The lowest BCUT2D eigenvalue weighted by Gasteiger charge is -2.26. The van der Waals surface area contributed by atoms with Crippen molar-refractivity contribution in [2.75, 3.05) is 20.1 Å². The van der Waals surface area contributed by atoms with Gasteiger partial charge in [0.2, 0.25) is 0 Å². The van der Waals surface area contributed by atoms with Crippen LogP contribution < -0.4 is 5.73 Å². The van der Waals surface area contributed by atoms with Gasteiger partial charge in [0.05, 0.1) is 11.7 Å². The van der Waals surface area contributed by atoms with Crippen molar-refractivity contribution in [2.24, 2.45) is 11.7 Å². The van der Waals surface area contributed by atoms with Crippen LogP contribution in [0.4, 0.5) is 0 Å². The van der Waals surface area contributed by atoms with Crippen LogP contribution in [0, 0.1) is 5.92 Å². The third-order valence-electron chi connectivity index (χ3n) is 3.03. The molecule has 0 aromatic carbocycles. The fourth-order valence-electron chi connectivity index (χ4n) is 1.93. The average Bonchev–Trinajstić information content (AvgIpc) is 3.04. The van der Waals surface area contributed by atoms with Crippen LogP contribution in [0.2, 0.25) is 0 Å². The molecule has 1 heterocycles. The third-order valence-corrected chi connectivity index (χ3v) is 3.03. The van der Waals surface area contributed by atoms with Crippen molar-refractivity contribution in [3.63, 3.8) is 0 Å². The Bertz CT molecular complexity index is 295. The van der Waals surface area contributed by atoms with E-state index in [0.717, 1.165) is 18.2 Å². The Balaban J connectivity index is 2.01. The molecular weight excluding hydrogens is 186 g/mol. The Kier molecular flexibility index (Phi) is 3.34. The predicted octanol–water partition coefficient (Wildman–Crippen LogP) is 1.42. The second-order valence-corrected chi connectivity index (χ2v) is 4.39. The van der Waals surface area contributed by atoms with E-state index in [1.54, 1.807) is 0 Å². The van der Waals surface area contributed by atoms with Crippen molar-refractivity contribution >= 4 is 0 Å². The van der Waals surface area contributed by atoms with Gasteiger partial charge in [0.1, 0.15) is 0 Å². The largest absolute Gasteiger partial charge is 0.329 e. The molecule has 0 saturated heterocycles. The molecule has 1 fully saturated rings. The number of nitrogens with two attached hydrogens (primary N) is 1. The average molecular weight is 205 g/mol. The van der Waals surface area contributed by atoms with Gasteiger partial charge in [0.25, 0.3) is 0 Å². The van der Waals surface area contributed by atoms with Gasteiger partial charge in [-0.25, -0.2) is 0 Å². The molecule has 1 aliphatic carbocycles. The lowest BCUT2D eigenvalue weighted by atomic mass is 10.1. The lowest BCUT2D eigenvalue weighted by molar-refractivity contribution is 0.236. The Morgan fingerprint density at radius 2 is 2.33 bits per heavy atom. The van der Waals surface area contributed by atoms with E-state index in [2.05, 4.69) is 23.0 Å². The van der Waals surface area contributed by atoms with Crippen LogP contribution in [0.1, 0.15) is 24.6 Å². The summed E-state index contributed by atoms with van der Waals surface area (Å²) in [5.41, 5.74) is 6.91. The molecule has 3 heteroatoms. The SMILES string of the molecule is CN(CC1CC1)C(CN)c1ccccn1. The highest BCUT2D eigenvalue weighted by atomic mass is 15.2. The van der Waals surface area contributed by atoms with Crippen LogP contribution in [0.3, 0.4) is 0 Å². The normalized spacial score (nSPS) is 18.1. The van der Waals surface area contributed by atoms with Crippen molar-refractivity contribution in [1.82, 2.24) is 9.88 Å². The lowest BCUT2D eigenvalue weighted by Crippen LogP contribution is -2.32. The van der Waals surface area contributed by atoms with Gasteiger partial charge >= 0.3 is 0 Å². The van der Waals surface area contributed by atoms with Crippen molar-refractivity contribution < 1.29 is 0 Å². The zero-order valence-corrected chi connectivity index (χ0v) is 9.26. The second kappa shape index (κ2) is 4.73. The van der Waals surface area contributed by atoms with Crippen LogP contribution in [-0.2, 0) is 0 Å². The summed E-state index contributed by atoms with van der Waals surface area (Å²) in [7, 11) is 2.14. The summed E-state index contributed by atoms with van der Waals surface area (Å²) < 4.78 is 0. The first kappa shape index (κ1) is 10.6. The van der Waals surface area contributed by atoms with E-state index in [1.165, 1.54) is 12.8 Å². The zero-order chi connectivity index (χ0) is 10.7. The van der Waals surface area contributed by atoms with Crippen molar-refractivity contribution in [2.45, 2.75) is 18.9 Å². The van der Waals surface area contributed by atoms with E-state index in [0.29, 0.717) is 6.54 Å². The van der Waals surface area contributed by atoms with E-state index >= 15 is 0 Å². The van der Waals surface area contributed by atoms with E-state index in [9.17, 15) is 0 Å². The van der Waals surface area contributed by atoms with E-state index in [1.807, 2.05) is 18.3 Å². The standard InChI is InChI=1S/C12H19N3/c1-15(9-10-5-6-10)12(8-13)11-4-2-3-7-14-11/h2-4,7,10,12H,5-6,8-9,13H2,1H3. The van der Waals surface area contributed by atoms with Crippen LogP contribution >= 0.6 is 0 Å². The molecule has 0 amide bonds. The Labute approximate surface area is 91.3 Å². The summed E-state index contributed by atoms with van der Waals surface area (Å²) in [5.74, 6) is 0.896. The van der Waals surface area contributed by atoms with Crippen LogP contribution in [0.5, 0.6) is 0 Å². The maximum Gasteiger partial charge on any atom is 0.0642 e. The molecule has 1 saturated carbocycles. The molecule has 2 rings (SSSR count). The van der Waals surface area contributed by atoms with Crippen molar-refractivity contribution in [1.29, 1.82) is 0 Å². The minimum Gasteiger partial charge on any atom is -0.329 e. The van der Waals surface area contributed by atoms with Gasteiger partial charge < -0.3 is 5.73 Å². The summed E-state index contributed by atoms with van der Waals surface area (Å²) in [6, 6.07) is 6.29. The monoisotopic (exact) mass is 205 g/mol. The number of nitrogens with zero attached hydrogens (tertiary/aromatic N) is 2. The third kappa shape index (κ3) is 2.76. The Hall–Kier alpha value is -0.930. The van der Waals surface area contributed by atoms with Gasteiger partial charge in [-0.15, -0.1) is 0 Å². The predicted molar refractivity (Wildman–Crippen MR) is 61.4 cm³/mol. The first-order chi connectivity index (χ1) is 7.31. The van der Waals surface area contributed by atoms with Crippen LogP contribution in [-0.4, -0.2) is 30.0 Å². The Morgan fingerprint density at radius 1 is 1.53 bits per heavy atom. The number of aromatic nitrogens is 1. The molecule has 1 atom stereocenters. The van der Waals surface area contributed by atoms with Crippen LogP contribution in [0.15, 0.2) is 24.4 Å². The van der Waals surface area contributed by atoms with Gasteiger partial charge in [-0.1, -0.05) is 6.07 Å². The van der Waals surface area contributed by atoms with Gasteiger partial charge in [0.15, 0.2) is 0 Å². The van der Waals surface area contributed by atoms with Crippen LogP contribution in [0.25, 0.3) is 0 Å². The fraction of sp³-hybridized carbons (Fsp3) is 0.583. The van der Waals surface area contributed by atoms with Gasteiger partial charge in [-0.05, 0) is 37.9 Å². The molecule has 82 valence electrons. The molecule has 2 N–H and O–H groups in total. The van der Waals surface area contributed by atoms with Crippen molar-refractivity contribution in [3.8, 4) is 0 Å². The summed E-state index contributed by atoms with van der Waals surface area (Å²) in [4.78, 5) is 6.71. The first-order valence-corrected chi connectivity index (χ1v) is 5.62. The summed E-state index contributed by atoms with van der Waals surface area (Å²) in [6.45, 7) is 1.79. The highest BCUT2D eigenvalue weighted by Crippen LogP contribution is 2.31. The highest BCUT2D eigenvalue weighted by molar-refractivity contribution is 5.09. The maximum absolute atomic E-state index is 5.82. The molecular formula is C12H19N3. The topological polar surface area (TPSA) is 42.1 Å². The smallest absolute Gasteiger partial charge is 0.0642 e. The molecule has 1 aromatic heterocycles. The number of rotatable bonds is 5. The summed E-state index contributed by atoms with van der Waals surface area (Å²) in [5, 5.41) is 0.